The molecule has 29 heavy (non-hydrogen) atoms. The minimum absolute atomic E-state index is 0.111. The van der Waals surface area contributed by atoms with Crippen LogP contribution in [0.4, 0.5) is 5.69 Å². The van der Waals surface area contributed by atoms with E-state index in [0.29, 0.717) is 40.3 Å². The minimum Gasteiger partial charge on any atom is -0.469 e. The zero-order chi connectivity index (χ0) is 21.4. The molecule has 1 aliphatic rings. The minimum atomic E-state index is -1.18. The average molecular weight is 420 g/mol. The predicted octanol–water partition coefficient (Wildman–Crippen LogP) is 3.40. The molecule has 1 fully saturated rings. The predicted molar refractivity (Wildman–Crippen MR) is 107 cm³/mol. The van der Waals surface area contributed by atoms with Crippen LogP contribution >= 0.6 is 11.3 Å². The first-order chi connectivity index (χ1) is 13.6. The molecule has 1 saturated carbocycles. The molecule has 0 amide bonds. The smallest absolute Gasteiger partial charge is 0.309 e. The molecule has 0 unspecified atom stereocenters. The van der Waals surface area contributed by atoms with Gasteiger partial charge in [-0.05, 0) is 36.3 Å². The average Bonchev–Trinajstić information content (AvgIpc) is 3.17. The first-order valence-corrected chi connectivity index (χ1v) is 10.1. The van der Waals surface area contributed by atoms with Crippen LogP contribution in [0.3, 0.4) is 0 Å². The molecule has 156 valence electrons. The van der Waals surface area contributed by atoms with E-state index >= 15 is 0 Å². The van der Waals surface area contributed by atoms with Crippen LogP contribution in [0, 0.1) is 21.4 Å². The lowest BCUT2D eigenvalue weighted by molar-refractivity contribution is -0.384. The molecule has 1 aromatic carbocycles. The van der Waals surface area contributed by atoms with Gasteiger partial charge in [0, 0.05) is 23.9 Å². The van der Waals surface area contributed by atoms with Gasteiger partial charge in [-0.15, -0.1) is 11.3 Å². The SMILES string of the molecule is COC(=O)[C@H]1CC[C@](O)(c2ncc(-c3cc(CO)cc([N+](=O)[O-])c3)s2)CC1(C)C. The van der Waals surface area contributed by atoms with Crippen LogP contribution in [-0.2, 0) is 21.7 Å². The Hall–Kier alpha value is -2.36. The van der Waals surface area contributed by atoms with Crippen molar-refractivity contribution in [1.29, 1.82) is 0 Å². The van der Waals surface area contributed by atoms with Crippen LogP contribution in [-0.4, -0.2) is 33.2 Å². The number of hydrogen-bond donors (Lipinski definition) is 2. The summed E-state index contributed by atoms with van der Waals surface area (Å²) < 4.78 is 4.90. The highest BCUT2D eigenvalue weighted by Crippen LogP contribution is 2.51. The number of aromatic nitrogens is 1. The Kier molecular flexibility index (Phi) is 5.75. The Balaban J connectivity index is 1.91. The summed E-state index contributed by atoms with van der Waals surface area (Å²) in [4.78, 5) is 27.8. The fourth-order valence-electron chi connectivity index (χ4n) is 4.14. The van der Waals surface area contributed by atoms with Gasteiger partial charge < -0.3 is 14.9 Å². The van der Waals surface area contributed by atoms with Gasteiger partial charge in [0.15, 0.2) is 0 Å². The van der Waals surface area contributed by atoms with Crippen molar-refractivity contribution in [1.82, 2.24) is 4.98 Å². The number of carbonyl (C=O) groups excluding carboxylic acids is 1. The number of non-ortho nitro benzene ring substituents is 1. The zero-order valence-electron chi connectivity index (χ0n) is 16.5. The molecule has 0 radical (unpaired) electrons. The molecule has 1 aromatic heterocycles. The first kappa shape index (κ1) is 21.4. The van der Waals surface area contributed by atoms with Crippen molar-refractivity contribution < 1.29 is 24.7 Å². The number of ether oxygens (including phenoxy) is 1. The summed E-state index contributed by atoms with van der Waals surface area (Å²) in [6.07, 6.45) is 2.79. The maximum atomic E-state index is 12.1. The summed E-state index contributed by atoms with van der Waals surface area (Å²) in [5, 5.41) is 32.4. The number of hydrogen-bond acceptors (Lipinski definition) is 8. The maximum Gasteiger partial charge on any atom is 0.309 e. The number of rotatable bonds is 5. The van der Waals surface area contributed by atoms with Crippen LogP contribution < -0.4 is 0 Å². The van der Waals surface area contributed by atoms with Crippen molar-refractivity contribution in [2.75, 3.05) is 7.11 Å². The van der Waals surface area contributed by atoms with Gasteiger partial charge >= 0.3 is 5.97 Å². The highest BCUT2D eigenvalue weighted by molar-refractivity contribution is 7.15. The highest BCUT2D eigenvalue weighted by Gasteiger charge is 2.49. The van der Waals surface area contributed by atoms with Gasteiger partial charge in [-0.1, -0.05) is 13.8 Å². The summed E-state index contributed by atoms with van der Waals surface area (Å²) in [5.74, 6) is -0.568. The number of nitro benzene ring substituents is 1. The molecule has 1 heterocycles. The van der Waals surface area contributed by atoms with E-state index in [9.17, 15) is 25.1 Å². The number of carbonyl (C=O) groups is 1. The van der Waals surface area contributed by atoms with E-state index in [-0.39, 0.29) is 24.2 Å². The van der Waals surface area contributed by atoms with Crippen molar-refractivity contribution in [2.24, 2.45) is 11.3 Å². The summed E-state index contributed by atoms with van der Waals surface area (Å²) >= 11 is 1.27. The number of aliphatic hydroxyl groups is 2. The topological polar surface area (TPSA) is 123 Å². The number of nitrogens with zero attached hydrogens (tertiary/aromatic N) is 2. The summed E-state index contributed by atoms with van der Waals surface area (Å²) in [5.41, 5.74) is -0.764. The zero-order valence-corrected chi connectivity index (χ0v) is 17.4. The molecule has 3 rings (SSSR count). The first-order valence-electron chi connectivity index (χ1n) is 9.26. The van der Waals surface area contributed by atoms with Crippen LogP contribution in [0.25, 0.3) is 10.4 Å². The second-order valence-corrected chi connectivity index (χ2v) is 9.18. The number of methoxy groups -OCH3 is 1. The van der Waals surface area contributed by atoms with Crippen molar-refractivity contribution >= 4 is 23.0 Å². The molecule has 2 atom stereocenters. The normalized spacial score (nSPS) is 23.6. The molecule has 0 saturated heterocycles. The number of aliphatic hydroxyl groups excluding tert-OH is 1. The lowest BCUT2D eigenvalue weighted by Gasteiger charge is -2.44. The summed E-state index contributed by atoms with van der Waals surface area (Å²) in [6.45, 7) is 3.55. The fraction of sp³-hybridized carbons (Fsp3) is 0.500. The van der Waals surface area contributed by atoms with E-state index in [1.165, 1.54) is 30.6 Å². The molecular formula is C20H24N2O6S. The third-order valence-electron chi connectivity index (χ3n) is 5.58. The summed E-state index contributed by atoms with van der Waals surface area (Å²) in [6, 6.07) is 4.43. The van der Waals surface area contributed by atoms with Gasteiger partial charge in [-0.2, -0.15) is 0 Å². The van der Waals surface area contributed by atoms with Gasteiger partial charge in [-0.25, -0.2) is 4.98 Å². The van der Waals surface area contributed by atoms with E-state index in [2.05, 4.69) is 4.98 Å². The van der Waals surface area contributed by atoms with E-state index in [1.807, 2.05) is 13.8 Å². The van der Waals surface area contributed by atoms with Crippen LogP contribution in [0.2, 0.25) is 0 Å². The molecule has 0 aliphatic heterocycles. The second kappa shape index (κ2) is 7.81. The maximum absolute atomic E-state index is 12.1. The standard InChI is InChI=1S/C20H24N2O6S/c1-19(2)11-20(25,5-4-15(19)17(24)28-3)18-21-9-16(29-18)13-6-12(10-23)7-14(8-13)22(26)27/h6-9,15,23,25H,4-5,10-11H2,1-3H3/t15-,20-/m1/s1. The van der Waals surface area contributed by atoms with Gasteiger partial charge in [-0.3, -0.25) is 14.9 Å². The Morgan fingerprint density at radius 3 is 2.72 bits per heavy atom. The highest BCUT2D eigenvalue weighted by atomic mass is 32.1. The van der Waals surface area contributed by atoms with E-state index < -0.39 is 15.9 Å². The quantitative estimate of drug-likeness (QED) is 0.432. The Morgan fingerprint density at radius 1 is 1.41 bits per heavy atom. The van der Waals surface area contributed by atoms with E-state index in [4.69, 9.17) is 4.74 Å². The number of thiazole rings is 1. The van der Waals surface area contributed by atoms with E-state index in [1.54, 1.807) is 12.3 Å². The Bertz CT molecular complexity index is 941. The Labute approximate surface area is 172 Å². The lowest BCUT2D eigenvalue weighted by Crippen LogP contribution is -2.45. The molecule has 0 bridgehead atoms. The molecular weight excluding hydrogens is 396 g/mol. The molecule has 1 aliphatic carbocycles. The van der Waals surface area contributed by atoms with Crippen LogP contribution in [0.15, 0.2) is 24.4 Å². The monoisotopic (exact) mass is 420 g/mol. The van der Waals surface area contributed by atoms with Crippen molar-refractivity contribution in [3.63, 3.8) is 0 Å². The van der Waals surface area contributed by atoms with Crippen molar-refractivity contribution in [3.8, 4) is 10.4 Å². The fourth-order valence-corrected chi connectivity index (χ4v) is 5.16. The van der Waals surface area contributed by atoms with Gasteiger partial charge in [0.2, 0.25) is 0 Å². The van der Waals surface area contributed by atoms with E-state index in [0.717, 1.165) is 0 Å². The molecule has 8 nitrogen and oxygen atoms in total. The Morgan fingerprint density at radius 2 is 2.14 bits per heavy atom. The summed E-state index contributed by atoms with van der Waals surface area (Å²) in [7, 11) is 1.37. The lowest BCUT2D eigenvalue weighted by atomic mass is 9.63. The molecule has 9 heteroatoms. The number of nitro groups is 1. The molecule has 0 spiro atoms. The molecule has 2 N–H and O–H groups in total. The van der Waals surface area contributed by atoms with Gasteiger partial charge in [0.1, 0.15) is 10.6 Å². The number of esters is 1. The van der Waals surface area contributed by atoms with Crippen LogP contribution in [0.5, 0.6) is 0 Å². The second-order valence-electron chi connectivity index (χ2n) is 8.14. The third kappa shape index (κ3) is 4.17. The molecule has 2 aromatic rings. The van der Waals surface area contributed by atoms with Crippen molar-refractivity contribution in [2.45, 2.75) is 45.3 Å². The largest absolute Gasteiger partial charge is 0.469 e. The third-order valence-corrected chi connectivity index (χ3v) is 6.82. The van der Waals surface area contributed by atoms with Gasteiger partial charge in [0.05, 0.1) is 29.4 Å². The van der Waals surface area contributed by atoms with Gasteiger partial charge in [0.25, 0.3) is 5.69 Å². The van der Waals surface area contributed by atoms with Crippen molar-refractivity contribution in [3.05, 3.63) is 45.1 Å². The number of benzene rings is 1. The van der Waals surface area contributed by atoms with Crippen LogP contribution in [0.1, 0.15) is 43.7 Å².